The third-order valence-corrected chi connectivity index (χ3v) is 11.5. The largest absolute Gasteiger partial charge is 0.457 e. The molecule has 0 spiro atoms. The highest BCUT2D eigenvalue weighted by Crippen LogP contribution is 2.55. The highest BCUT2D eigenvalue weighted by molar-refractivity contribution is 6.25. The van der Waals surface area contributed by atoms with Crippen LogP contribution in [0.1, 0.15) is 27.8 Å². The van der Waals surface area contributed by atoms with Crippen molar-refractivity contribution in [1.29, 1.82) is 5.26 Å². The number of fused-ring (bicyclic) bond motifs is 8. The molecular weight excluding hydrogens is 709 g/mol. The molecule has 0 saturated heterocycles. The van der Waals surface area contributed by atoms with Crippen molar-refractivity contribution in [2.45, 2.75) is 5.41 Å². The van der Waals surface area contributed by atoms with Gasteiger partial charge in [0, 0.05) is 27.8 Å². The fourth-order valence-corrected chi connectivity index (χ4v) is 8.85. The Kier molecular flexibility index (Phi) is 7.70. The van der Waals surface area contributed by atoms with E-state index in [4.69, 9.17) is 19.7 Å². The number of benzene rings is 9. The Bertz CT molecular complexity index is 3190. The molecule has 58 heavy (non-hydrogen) atoms. The minimum atomic E-state index is -0.698. The number of hydrogen-bond donors (Lipinski definition) is 0. The van der Waals surface area contributed by atoms with Crippen molar-refractivity contribution in [1.82, 2.24) is 15.0 Å². The first-order valence-electron chi connectivity index (χ1n) is 19.3. The quantitative estimate of drug-likeness (QED) is 0.164. The number of nitriles is 1. The van der Waals surface area contributed by atoms with E-state index in [0.717, 1.165) is 55.8 Å². The summed E-state index contributed by atoms with van der Waals surface area (Å²) in [7, 11) is 0. The summed E-state index contributed by atoms with van der Waals surface area (Å²) < 4.78 is 6.70. The van der Waals surface area contributed by atoms with E-state index in [-0.39, 0.29) is 0 Å². The van der Waals surface area contributed by atoms with Gasteiger partial charge in [0.05, 0.1) is 17.0 Å². The van der Waals surface area contributed by atoms with Crippen molar-refractivity contribution < 1.29 is 4.74 Å². The maximum absolute atomic E-state index is 9.58. The van der Waals surface area contributed by atoms with Gasteiger partial charge in [0.1, 0.15) is 11.5 Å². The van der Waals surface area contributed by atoms with Crippen LogP contribution in [-0.2, 0) is 5.41 Å². The third-order valence-electron chi connectivity index (χ3n) is 11.5. The molecule has 1 aliphatic rings. The Morgan fingerprint density at radius 2 is 0.828 bits per heavy atom. The molecule has 5 nitrogen and oxygen atoms in total. The van der Waals surface area contributed by atoms with Crippen molar-refractivity contribution >= 4 is 32.3 Å². The van der Waals surface area contributed by atoms with E-state index in [1.54, 1.807) is 12.1 Å². The normalized spacial score (nSPS) is 12.7. The lowest BCUT2D eigenvalue weighted by molar-refractivity contribution is 0.434. The van der Waals surface area contributed by atoms with Gasteiger partial charge in [-0.3, -0.25) is 0 Å². The molecule has 10 aromatic rings. The fraction of sp³-hybridized carbons (Fsp3) is 0.0189. The standard InChI is InChI=1S/C53H32N4O/c54-33-34-23-25-35(26-24-34)50-55-51(36-27-29-44-42-19-8-7-17-40(42)41-18-9-10-20-43(41)45(44)31-36)57-52(56-50)37-28-30-49-47(32-37)53(38-13-3-1-4-14-38,39-15-5-2-6-16-39)46-21-11-12-22-48(46)58-49/h1-32H. The summed E-state index contributed by atoms with van der Waals surface area (Å²) in [6.45, 7) is 0. The van der Waals surface area contributed by atoms with Crippen molar-refractivity contribution in [2.75, 3.05) is 0 Å². The summed E-state index contributed by atoms with van der Waals surface area (Å²) in [5.41, 5.74) is 6.67. The minimum absolute atomic E-state index is 0.518. The zero-order chi connectivity index (χ0) is 38.6. The van der Waals surface area contributed by atoms with Gasteiger partial charge in [-0.05, 0) is 98.0 Å². The summed E-state index contributed by atoms with van der Waals surface area (Å²) in [6.07, 6.45) is 0. The summed E-state index contributed by atoms with van der Waals surface area (Å²) >= 11 is 0. The molecule has 0 N–H and O–H groups in total. The van der Waals surface area contributed by atoms with Gasteiger partial charge in [-0.25, -0.2) is 15.0 Å². The van der Waals surface area contributed by atoms with E-state index in [9.17, 15) is 5.26 Å². The van der Waals surface area contributed by atoms with Crippen molar-refractivity contribution in [3.8, 4) is 51.7 Å². The van der Waals surface area contributed by atoms with Gasteiger partial charge < -0.3 is 4.74 Å². The smallest absolute Gasteiger partial charge is 0.164 e. The maximum atomic E-state index is 9.58. The highest BCUT2D eigenvalue weighted by Gasteiger charge is 2.45. The molecule has 9 aromatic carbocycles. The molecule has 0 aliphatic carbocycles. The van der Waals surface area contributed by atoms with Crippen LogP contribution in [0.3, 0.4) is 0 Å². The SMILES string of the molecule is N#Cc1ccc(-c2nc(-c3ccc4c(c3)C(c3ccccc3)(c3ccccc3)c3ccccc3O4)nc(-c3ccc4c5ccccc5c5ccccc5c4c3)n2)cc1. The van der Waals surface area contributed by atoms with E-state index in [1.165, 1.54) is 26.9 Å². The first-order valence-corrected chi connectivity index (χ1v) is 19.3. The maximum Gasteiger partial charge on any atom is 0.164 e. The molecule has 0 fully saturated rings. The van der Waals surface area contributed by atoms with Gasteiger partial charge in [-0.15, -0.1) is 0 Å². The Hall–Kier alpha value is -7.94. The lowest BCUT2D eigenvalue weighted by Gasteiger charge is -2.41. The lowest BCUT2D eigenvalue weighted by Crippen LogP contribution is -2.34. The molecular formula is C53H32N4O. The van der Waals surface area contributed by atoms with E-state index >= 15 is 0 Å². The summed E-state index contributed by atoms with van der Waals surface area (Å²) in [6, 6.07) is 69.1. The van der Waals surface area contributed by atoms with Gasteiger partial charge in [-0.1, -0.05) is 140 Å². The first kappa shape index (κ1) is 33.4. The van der Waals surface area contributed by atoms with Crippen LogP contribution in [0, 0.1) is 11.3 Å². The molecule has 5 heteroatoms. The Morgan fingerprint density at radius 1 is 0.379 bits per heavy atom. The molecule has 0 amide bonds. The molecule has 0 atom stereocenters. The molecule has 0 saturated carbocycles. The fourth-order valence-electron chi connectivity index (χ4n) is 8.85. The number of ether oxygens (including phenoxy) is 1. The summed E-state index contributed by atoms with van der Waals surface area (Å²) in [5, 5.41) is 16.7. The summed E-state index contributed by atoms with van der Waals surface area (Å²) in [5.74, 6) is 3.19. The average Bonchev–Trinajstić information content (AvgIpc) is 3.31. The van der Waals surface area contributed by atoms with Crippen LogP contribution >= 0.6 is 0 Å². The van der Waals surface area contributed by atoms with Gasteiger partial charge in [0.2, 0.25) is 0 Å². The second-order valence-electron chi connectivity index (χ2n) is 14.6. The zero-order valence-electron chi connectivity index (χ0n) is 31.2. The van der Waals surface area contributed by atoms with Crippen LogP contribution in [0.2, 0.25) is 0 Å². The van der Waals surface area contributed by atoms with Crippen molar-refractivity contribution in [2.24, 2.45) is 0 Å². The average molecular weight is 741 g/mol. The van der Waals surface area contributed by atoms with E-state index in [0.29, 0.717) is 23.0 Å². The zero-order valence-corrected chi connectivity index (χ0v) is 31.2. The van der Waals surface area contributed by atoms with Gasteiger partial charge in [-0.2, -0.15) is 5.26 Å². The number of aromatic nitrogens is 3. The van der Waals surface area contributed by atoms with Crippen LogP contribution in [-0.4, -0.2) is 15.0 Å². The van der Waals surface area contributed by atoms with Crippen LogP contribution in [0.15, 0.2) is 194 Å². The predicted octanol–water partition coefficient (Wildman–Crippen LogP) is 12.7. The molecule has 270 valence electrons. The van der Waals surface area contributed by atoms with Crippen LogP contribution in [0.4, 0.5) is 0 Å². The van der Waals surface area contributed by atoms with Crippen LogP contribution in [0.5, 0.6) is 11.5 Å². The Balaban J connectivity index is 1.16. The number of rotatable bonds is 5. The first-order chi connectivity index (χ1) is 28.7. The van der Waals surface area contributed by atoms with Crippen LogP contribution in [0.25, 0.3) is 66.5 Å². The van der Waals surface area contributed by atoms with Crippen molar-refractivity contribution in [3.05, 3.63) is 222 Å². The van der Waals surface area contributed by atoms with Gasteiger partial charge in [0.25, 0.3) is 0 Å². The van der Waals surface area contributed by atoms with Gasteiger partial charge in [0.15, 0.2) is 17.5 Å². The molecule has 1 aromatic heterocycles. The van der Waals surface area contributed by atoms with Gasteiger partial charge >= 0.3 is 0 Å². The van der Waals surface area contributed by atoms with Crippen LogP contribution < -0.4 is 4.74 Å². The molecule has 0 radical (unpaired) electrons. The van der Waals surface area contributed by atoms with E-state index in [1.807, 2.05) is 36.4 Å². The predicted molar refractivity (Wildman–Crippen MR) is 232 cm³/mol. The van der Waals surface area contributed by atoms with E-state index < -0.39 is 5.41 Å². The highest BCUT2D eigenvalue weighted by atomic mass is 16.5. The number of nitrogens with zero attached hydrogens (tertiary/aromatic N) is 4. The molecule has 2 heterocycles. The number of para-hydroxylation sites is 1. The lowest BCUT2D eigenvalue weighted by atomic mass is 9.63. The molecule has 11 rings (SSSR count). The Morgan fingerprint density at radius 3 is 1.43 bits per heavy atom. The number of hydrogen-bond acceptors (Lipinski definition) is 5. The molecule has 0 unspecified atom stereocenters. The molecule has 0 bridgehead atoms. The minimum Gasteiger partial charge on any atom is -0.457 e. The topological polar surface area (TPSA) is 71.7 Å². The van der Waals surface area contributed by atoms with Crippen molar-refractivity contribution in [3.63, 3.8) is 0 Å². The Labute approximate surface area is 335 Å². The summed E-state index contributed by atoms with van der Waals surface area (Å²) in [4.78, 5) is 15.5. The van der Waals surface area contributed by atoms with E-state index in [2.05, 4.69) is 152 Å². The third kappa shape index (κ3) is 5.20. The molecule has 1 aliphatic heterocycles. The second-order valence-corrected chi connectivity index (χ2v) is 14.6. The monoisotopic (exact) mass is 740 g/mol. The second kappa shape index (κ2) is 13.4.